The topological polar surface area (TPSA) is 69.1 Å². The monoisotopic (exact) mass is 184 g/mol. The van der Waals surface area contributed by atoms with E-state index < -0.39 is 6.10 Å². The molecule has 0 aliphatic rings. The molecule has 1 heterocycles. The van der Waals surface area contributed by atoms with Crippen molar-refractivity contribution >= 4 is 0 Å². The summed E-state index contributed by atoms with van der Waals surface area (Å²) >= 11 is 0. The Labute approximate surface area is 77.6 Å². The van der Waals surface area contributed by atoms with E-state index in [1.54, 1.807) is 6.20 Å². The van der Waals surface area contributed by atoms with E-state index in [4.69, 9.17) is 5.11 Å². The molecule has 13 heavy (non-hydrogen) atoms. The second-order valence-electron chi connectivity index (χ2n) is 4.15. The number of nitrogens with zero attached hydrogens (tertiary/aromatic N) is 1. The van der Waals surface area contributed by atoms with Crippen molar-refractivity contribution in [3.63, 3.8) is 0 Å². The van der Waals surface area contributed by atoms with Crippen molar-refractivity contribution in [1.29, 1.82) is 0 Å². The fourth-order valence-corrected chi connectivity index (χ4v) is 1.25. The lowest BCUT2D eigenvalue weighted by Crippen LogP contribution is -2.16. The summed E-state index contributed by atoms with van der Waals surface area (Å²) in [5.74, 6) is 0. The molecule has 1 rings (SSSR count). The fourth-order valence-electron chi connectivity index (χ4n) is 1.25. The maximum atomic E-state index is 9.45. The third-order valence-electron chi connectivity index (χ3n) is 1.95. The molecular formula is C9H16N2O2. The molecule has 74 valence electrons. The first kappa shape index (κ1) is 10.2. The summed E-state index contributed by atoms with van der Waals surface area (Å²) in [6, 6.07) is 0. The smallest absolute Gasteiger partial charge is 0.105 e. The van der Waals surface area contributed by atoms with Gasteiger partial charge in [-0.1, -0.05) is 20.8 Å². The molecule has 0 spiro atoms. The molecule has 1 aromatic heterocycles. The lowest BCUT2D eigenvalue weighted by molar-refractivity contribution is 0.0942. The van der Waals surface area contributed by atoms with Crippen molar-refractivity contribution in [2.24, 2.45) is 0 Å². The summed E-state index contributed by atoms with van der Waals surface area (Å²) in [6.45, 7) is 5.79. The van der Waals surface area contributed by atoms with Crippen molar-refractivity contribution < 1.29 is 10.2 Å². The normalized spacial score (nSPS) is 14.5. The van der Waals surface area contributed by atoms with E-state index in [-0.39, 0.29) is 12.0 Å². The zero-order valence-electron chi connectivity index (χ0n) is 8.20. The average molecular weight is 184 g/mol. The Balaban J connectivity index is 3.03. The van der Waals surface area contributed by atoms with E-state index in [2.05, 4.69) is 10.2 Å². The molecule has 0 aromatic carbocycles. The highest BCUT2D eigenvalue weighted by molar-refractivity contribution is 5.25. The summed E-state index contributed by atoms with van der Waals surface area (Å²) in [6.07, 6.45) is 0.717. The van der Waals surface area contributed by atoms with Gasteiger partial charge in [-0.3, -0.25) is 5.10 Å². The number of aliphatic hydroxyl groups is 2. The standard InChI is InChI=1S/C9H16N2O2/c1-9(2,3)8-6(4-10-11-8)7(13)5-12/h4,7,12-13H,5H2,1-3H3,(H,10,11). The van der Waals surface area contributed by atoms with Crippen LogP contribution in [0.5, 0.6) is 0 Å². The molecule has 0 aliphatic carbocycles. The van der Waals surface area contributed by atoms with Gasteiger partial charge in [0, 0.05) is 16.7 Å². The van der Waals surface area contributed by atoms with Gasteiger partial charge in [-0.05, 0) is 0 Å². The first-order valence-electron chi connectivity index (χ1n) is 4.29. The molecule has 0 radical (unpaired) electrons. The molecule has 1 atom stereocenters. The Kier molecular flexibility index (Phi) is 2.73. The van der Waals surface area contributed by atoms with Crippen LogP contribution in [0, 0.1) is 0 Å². The quantitative estimate of drug-likeness (QED) is 0.634. The molecule has 4 heteroatoms. The van der Waals surface area contributed by atoms with Crippen LogP contribution in [-0.2, 0) is 5.41 Å². The number of aromatic nitrogens is 2. The third kappa shape index (κ3) is 2.08. The van der Waals surface area contributed by atoms with Gasteiger partial charge in [0.15, 0.2) is 0 Å². The number of aromatic amines is 1. The van der Waals surface area contributed by atoms with Crippen molar-refractivity contribution in [3.05, 3.63) is 17.5 Å². The van der Waals surface area contributed by atoms with Crippen LogP contribution >= 0.6 is 0 Å². The second-order valence-corrected chi connectivity index (χ2v) is 4.15. The second kappa shape index (κ2) is 3.47. The Morgan fingerprint density at radius 2 is 2.15 bits per heavy atom. The van der Waals surface area contributed by atoms with Gasteiger partial charge in [-0.2, -0.15) is 5.10 Å². The van der Waals surface area contributed by atoms with Gasteiger partial charge >= 0.3 is 0 Å². The predicted octanol–water partition coefficient (Wildman–Crippen LogP) is 0.733. The molecule has 0 bridgehead atoms. The Morgan fingerprint density at radius 3 is 2.62 bits per heavy atom. The van der Waals surface area contributed by atoms with E-state index >= 15 is 0 Å². The highest BCUT2D eigenvalue weighted by atomic mass is 16.3. The maximum Gasteiger partial charge on any atom is 0.105 e. The summed E-state index contributed by atoms with van der Waals surface area (Å²) < 4.78 is 0. The SMILES string of the molecule is CC(C)(C)c1[nH]ncc1C(O)CO. The van der Waals surface area contributed by atoms with Crippen LogP contribution in [0.15, 0.2) is 6.20 Å². The highest BCUT2D eigenvalue weighted by Crippen LogP contribution is 2.27. The number of rotatable bonds is 2. The maximum absolute atomic E-state index is 9.45. The van der Waals surface area contributed by atoms with Crippen molar-refractivity contribution in [2.75, 3.05) is 6.61 Å². The van der Waals surface area contributed by atoms with E-state index in [0.717, 1.165) is 5.69 Å². The number of aliphatic hydroxyl groups excluding tert-OH is 2. The molecule has 1 aromatic rings. The van der Waals surface area contributed by atoms with Crippen molar-refractivity contribution in [3.8, 4) is 0 Å². The number of hydrogen-bond acceptors (Lipinski definition) is 3. The Hall–Kier alpha value is -0.870. The zero-order chi connectivity index (χ0) is 10.1. The van der Waals surface area contributed by atoms with E-state index in [1.165, 1.54) is 0 Å². The Morgan fingerprint density at radius 1 is 1.54 bits per heavy atom. The van der Waals surface area contributed by atoms with Gasteiger partial charge < -0.3 is 10.2 Å². The van der Waals surface area contributed by atoms with E-state index in [1.807, 2.05) is 20.8 Å². The van der Waals surface area contributed by atoms with Crippen molar-refractivity contribution in [1.82, 2.24) is 10.2 Å². The summed E-state index contributed by atoms with van der Waals surface area (Å²) in [5.41, 5.74) is 1.45. The van der Waals surface area contributed by atoms with Gasteiger partial charge in [0.1, 0.15) is 6.10 Å². The van der Waals surface area contributed by atoms with Crippen molar-refractivity contribution in [2.45, 2.75) is 32.3 Å². The van der Waals surface area contributed by atoms with Crippen LogP contribution in [0.2, 0.25) is 0 Å². The van der Waals surface area contributed by atoms with Gasteiger partial charge in [0.05, 0.1) is 12.8 Å². The Bertz CT molecular complexity index is 275. The third-order valence-corrected chi connectivity index (χ3v) is 1.95. The summed E-state index contributed by atoms with van der Waals surface area (Å²) in [7, 11) is 0. The van der Waals surface area contributed by atoms with E-state index in [0.29, 0.717) is 5.56 Å². The predicted molar refractivity (Wildman–Crippen MR) is 49.3 cm³/mol. The zero-order valence-corrected chi connectivity index (χ0v) is 8.20. The van der Waals surface area contributed by atoms with Crippen LogP contribution in [-0.4, -0.2) is 27.0 Å². The minimum atomic E-state index is -0.840. The minimum Gasteiger partial charge on any atom is -0.393 e. The van der Waals surface area contributed by atoms with Crippen LogP contribution < -0.4 is 0 Å². The summed E-state index contributed by atoms with van der Waals surface area (Å²) in [4.78, 5) is 0. The summed E-state index contributed by atoms with van der Waals surface area (Å²) in [5, 5.41) is 25.0. The molecular weight excluding hydrogens is 168 g/mol. The first-order valence-corrected chi connectivity index (χ1v) is 4.29. The molecule has 4 nitrogen and oxygen atoms in total. The van der Waals surface area contributed by atoms with Crippen LogP contribution in [0.25, 0.3) is 0 Å². The number of hydrogen-bond donors (Lipinski definition) is 3. The van der Waals surface area contributed by atoms with Gasteiger partial charge in [-0.25, -0.2) is 0 Å². The molecule has 0 saturated carbocycles. The molecule has 1 unspecified atom stereocenters. The number of nitrogens with one attached hydrogen (secondary N) is 1. The molecule has 0 fully saturated rings. The number of H-pyrrole nitrogens is 1. The molecule has 3 N–H and O–H groups in total. The van der Waals surface area contributed by atoms with Gasteiger partial charge in [0.25, 0.3) is 0 Å². The van der Waals surface area contributed by atoms with E-state index in [9.17, 15) is 5.11 Å². The van der Waals surface area contributed by atoms with Crippen LogP contribution in [0.1, 0.15) is 38.1 Å². The lowest BCUT2D eigenvalue weighted by Gasteiger charge is -2.19. The highest BCUT2D eigenvalue weighted by Gasteiger charge is 2.23. The fraction of sp³-hybridized carbons (Fsp3) is 0.667. The van der Waals surface area contributed by atoms with Crippen LogP contribution in [0.4, 0.5) is 0 Å². The largest absolute Gasteiger partial charge is 0.393 e. The van der Waals surface area contributed by atoms with Gasteiger partial charge in [0.2, 0.25) is 0 Å². The minimum absolute atomic E-state index is 0.0953. The first-order chi connectivity index (χ1) is 5.96. The molecule has 0 saturated heterocycles. The molecule has 0 amide bonds. The average Bonchev–Trinajstić information content (AvgIpc) is 2.49. The van der Waals surface area contributed by atoms with Gasteiger partial charge in [-0.15, -0.1) is 0 Å². The lowest BCUT2D eigenvalue weighted by atomic mass is 9.88. The molecule has 0 aliphatic heterocycles. The van der Waals surface area contributed by atoms with Crippen LogP contribution in [0.3, 0.4) is 0 Å².